The summed E-state index contributed by atoms with van der Waals surface area (Å²) in [6.45, 7) is 0. The zero-order valence-corrected chi connectivity index (χ0v) is 17.8. The molecule has 5 heteroatoms. The Morgan fingerprint density at radius 3 is 2.21 bits per heavy atom. The van der Waals surface area contributed by atoms with E-state index in [1.807, 2.05) is 72.8 Å². The molecular weight excluding hydrogens is 447 g/mol. The molecule has 0 aliphatic carbocycles. The summed E-state index contributed by atoms with van der Waals surface area (Å²) in [5.74, 6) is -0.256. The summed E-state index contributed by atoms with van der Waals surface area (Å²) >= 11 is 4.80. The number of nitriles is 1. The van der Waals surface area contributed by atoms with Gasteiger partial charge in [0, 0.05) is 37.0 Å². The Kier molecular flexibility index (Phi) is 5.84. The Hall–Kier alpha value is -2.81. The molecule has 1 aromatic heterocycles. The Labute approximate surface area is 181 Å². The molecule has 0 N–H and O–H groups in total. The van der Waals surface area contributed by atoms with Crippen molar-refractivity contribution in [3.63, 3.8) is 0 Å². The van der Waals surface area contributed by atoms with E-state index in [1.54, 1.807) is 6.07 Å². The molecule has 1 atom stereocenters. The molecule has 29 heavy (non-hydrogen) atoms. The van der Waals surface area contributed by atoms with Gasteiger partial charge in [-0.1, -0.05) is 76.6 Å². The molecule has 0 spiro atoms. The first-order chi connectivity index (χ1) is 14.2. The monoisotopic (exact) mass is 462 g/mol. The van der Waals surface area contributed by atoms with E-state index in [2.05, 4.69) is 22.0 Å². The SMILES string of the molecule is N#CC(Cc1sc2cc(Br)ccc2c1F)N=C(c1ccccc1)c1ccccc1. The number of rotatable bonds is 5. The molecule has 0 radical (unpaired) electrons. The summed E-state index contributed by atoms with van der Waals surface area (Å²) in [4.78, 5) is 5.30. The summed E-state index contributed by atoms with van der Waals surface area (Å²) in [6, 6.07) is 26.6. The molecule has 0 fully saturated rings. The van der Waals surface area contributed by atoms with Gasteiger partial charge in [-0.25, -0.2) is 4.39 Å². The highest BCUT2D eigenvalue weighted by Crippen LogP contribution is 2.33. The normalized spacial score (nSPS) is 11.8. The smallest absolute Gasteiger partial charge is 0.145 e. The van der Waals surface area contributed by atoms with Gasteiger partial charge >= 0.3 is 0 Å². The van der Waals surface area contributed by atoms with Crippen LogP contribution in [0.5, 0.6) is 0 Å². The van der Waals surface area contributed by atoms with E-state index in [4.69, 9.17) is 4.99 Å². The third kappa shape index (κ3) is 4.29. The largest absolute Gasteiger partial charge is 0.265 e. The predicted octanol–water partition coefficient (Wildman–Crippen LogP) is 6.78. The maximum atomic E-state index is 14.9. The maximum Gasteiger partial charge on any atom is 0.145 e. The van der Waals surface area contributed by atoms with Gasteiger partial charge in [-0.05, 0) is 18.2 Å². The molecular formula is C24H16BrFN2S. The molecule has 0 saturated carbocycles. The predicted molar refractivity (Wildman–Crippen MR) is 121 cm³/mol. The van der Waals surface area contributed by atoms with Gasteiger partial charge in [0.1, 0.15) is 11.9 Å². The minimum absolute atomic E-state index is 0.239. The molecule has 1 heterocycles. The topological polar surface area (TPSA) is 36.1 Å². The Morgan fingerprint density at radius 2 is 1.62 bits per heavy atom. The van der Waals surface area contributed by atoms with Crippen LogP contribution in [0.25, 0.3) is 10.1 Å². The minimum atomic E-state index is -0.684. The van der Waals surface area contributed by atoms with Gasteiger partial charge < -0.3 is 0 Å². The van der Waals surface area contributed by atoms with Crippen LogP contribution in [0.15, 0.2) is 88.3 Å². The van der Waals surface area contributed by atoms with E-state index in [0.717, 1.165) is 26.0 Å². The fourth-order valence-corrected chi connectivity index (χ4v) is 4.85. The maximum absolute atomic E-state index is 14.9. The van der Waals surface area contributed by atoms with Crippen molar-refractivity contribution in [1.82, 2.24) is 0 Å². The van der Waals surface area contributed by atoms with Crippen molar-refractivity contribution in [1.29, 1.82) is 5.26 Å². The van der Waals surface area contributed by atoms with Crippen LogP contribution in [0, 0.1) is 17.1 Å². The van der Waals surface area contributed by atoms with E-state index in [9.17, 15) is 9.65 Å². The lowest BCUT2D eigenvalue weighted by Crippen LogP contribution is -2.12. The standard InChI is InChI=1S/C24H16BrFN2S/c25-18-11-12-20-21(13-18)29-22(23(20)26)14-19(15-27)28-24(16-7-3-1-4-8-16)17-9-5-2-6-10-17/h1-13,19H,14H2. The van der Waals surface area contributed by atoms with E-state index < -0.39 is 6.04 Å². The van der Waals surface area contributed by atoms with E-state index >= 15 is 0 Å². The van der Waals surface area contributed by atoms with Crippen molar-refractivity contribution >= 4 is 43.1 Å². The highest BCUT2D eigenvalue weighted by atomic mass is 79.9. The van der Waals surface area contributed by atoms with Crippen LogP contribution in [-0.2, 0) is 6.42 Å². The van der Waals surface area contributed by atoms with Gasteiger partial charge in [0.15, 0.2) is 0 Å². The van der Waals surface area contributed by atoms with Gasteiger partial charge in [-0.3, -0.25) is 4.99 Å². The lowest BCUT2D eigenvalue weighted by atomic mass is 10.0. The highest BCUT2D eigenvalue weighted by molar-refractivity contribution is 9.10. The highest BCUT2D eigenvalue weighted by Gasteiger charge is 2.18. The summed E-state index contributed by atoms with van der Waals surface area (Å²) in [7, 11) is 0. The number of hydrogen-bond acceptors (Lipinski definition) is 3. The van der Waals surface area contributed by atoms with Gasteiger partial charge in [0.2, 0.25) is 0 Å². The first-order valence-electron chi connectivity index (χ1n) is 9.10. The summed E-state index contributed by atoms with van der Waals surface area (Å²) in [6.07, 6.45) is 0.239. The van der Waals surface area contributed by atoms with Gasteiger partial charge in [-0.15, -0.1) is 11.3 Å². The zero-order chi connectivity index (χ0) is 20.2. The van der Waals surface area contributed by atoms with Crippen LogP contribution in [-0.4, -0.2) is 11.8 Å². The number of hydrogen-bond donors (Lipinski definition) is 0. The fourth-order valence-electron chi connectivity index (χ4n) is 3.18. The Morgan fingerprint density at radius 1 is 1.00 bits per heavy atom. The van der Waals surface area contributed by atoms with E-state index in [1.165, 1.54) is 11.3 Å². The molecule has 1 unspecified atom stereocenters. The molecule has 0 aliphatic rings. The van der Waals surface area contributed by atoms with Crippen molar-refractivity contribution in [3.05, 3.63) is 105 Å². The summed E-state index contributed by atoms with van der Waals surface area (Å²) < 4.78 is 16.6. The van der Waals surface area contributed by atoms with Crippen LogP contribution < -0.4 is 0 Å². The average Bonchev–Trinajstić information content (AvgIpc) is 3.06. The van der Waals surface area contributed by atoms with Gasteiger partial charge in [0.25, 0.3) is 0 Å². The number of halogens is 2. The van der Waals surface area contributed by atoms with Gasteiger partial charge in [-0.2, -0.15) is 5.26 Å². The zero-order valence-electron chi connectivity index (χ0n) is 15.3. The molecule has 0 aliphatic heterocycles. The molecule has 0 bridgehead atoms. The van der Waals surface area contributed by atoms with Crippen molar-refractivity contribution in [2.45, 2.75) is 12.5 Å². The molecule has 142 valence electrons. The van der Waals surface area contributed by atoms with Crippen LogP contribution >= 0.6 is 27.3 Å². The lowest BCUT2D eigenvalue weighted by molar-refractivity contribution is 0.623. The average molecular weight is 463 g/mol. The number of thiophene rings is 1. The van der Waals surface area contributed by atoms with Crippen molar-refractivity contribution in [3.8, 4) is 6.07 Å². The van der Waals surface area contributed by atoms with Crippen LogP contribution in [0.3, 0.4) is 0 Å². The first-order valence-corrected chi connectivity index (χ1v) is 10.7. The van der Waals surface area contributed by atoms with Crippen molar-refractivity contribution in [2.24, 2.45) is 4.99 Å². The fraction of sp³-hybridized carbons (Fsp3) is 0.0833. The van der Waals surface area contributed by atoms with Crippen LogP contribution in [0.2, 0.25) is 0 Å². The van der Waals surface area contributed by atoms with Crippen molar-refractivity contribution < 1.29 is 4.39 Å². The van der Waals surface area contributed by atoms with Crippen molar-refractivity contribution in [2.75, 3.05) is 0 Å². The van der Waals surface area contributed by atoms with Gasteiger partial charge in [0.05, 0.1) is 11.8 Å². The third-order valence-corrected chi connectivity index (χ3v) is 6.21. The second-order valence-electron chi connectivity index (χ2n) is 6.54. The first kappa shape index (κ1) is 19.5. The van der Waals surface area contributed by atoms with Crippen LogP contribution in [0.4, 0.5) is 4.39 Å². The van der Waals surface area contributed by atoms with E-state index in [0.29, 0.717) is 10.3 Å². The quantitative estimate of drug-likeness (QED) is 0.301. The lowest BCUT2D eigenvalue weighted by Gasteiger charge is -2.10. The number of benzene rings is 3. The second-order valence-corrected chi connectivity index (χ2v) is 8.59. The molecule has 2 nitrogen and oxygen atoms in total. The summed E-state index contributed by atoms with van der Waals surface area (Å²) in [5, 5.41) is 10.3. The molecule has 0 saturated heterocycles. The molecule has 4 aromatic rings. The Balaban J connectivity index is 1.73. The molecule has 0 amide bonds. The van der Waals surface area contributed by atoms with E-state index in [-0.39, 0.29) is 12.2 Å². The third-order valence-electron chi connectivity index (χ3n) is 4.57. The molecule has 3 aromatic carbocycles. The Bertz CT molecular complexity index is 1170. The summed E-state index contributed by atoms with van der Waals surface area (Å²) in [5.41, 5.74) is 2.60. The van der Waals surface area contributed by atoms with Crippen LogP contribution in [0.1, 0.15) is 16.0 Å². The number of fused-ring (bicyclic) bond motifs is 1. The minimum Gasteiger partial charge on any atom is -0.265 e. The molecule has 4 rings (SSSR count). The second kappa shape index (κ2) is 8.69. The number of nitrogens with zero attached hydrogens (tertiary/aromatic N) is 2. The number of aliphatic imine (C=N–C) groups is 1.